The first-order chi connectivity index (χ1) is 11.6. The summed E-state index contributed by atoms with van der Waals surface area (Å²) >= 11 is 0. The normalized spacial score (nSPS) is 13.0. The van der Waals surface area contributed by atoms with E-state index in [0.29, 0.717) is 5.56 Å². The maximum Gasteiger partial charge on any atom is 0.405 e. The Morgan fingerprint density at radius 1 is 1.32 bits per heavy atom. The van der Waals surface area contributed by atoms with E-state index in [9.17, 15) is 26.7 Å². The molecule has 6 nitrogen and oxygen atoms in total. The van der Waals surface area contributed by atoms with Crippen LogP contribution in [-0.2, 0) is 9.63 Å². The average molecular weight is 370 g/mol. The summed E-state index contributed by atoms with van der Waals surface area (Å²) in [5, 5.41) is 5.11. The van der Waals surface area contributed by atoms with E-state index >= 15 is 0 Å². The lowest BCUT2D eigenvalue weighted by atomic mass is 10.2. The summed E-state index contributed by atoms with van der Waals surface area (Å²) in [6, 6.07) is 3.90. The highest BCUT2D eigenvalue weighted by Gasteiger charge is 2.29. The summed E-state index contributed by atoms with van der Waals surface area (Å²) in [5.74, 6) is -1.16. The number of methoxy groups -OCH3 is 1. The molecule has 1 aromatic carbocycles. The SMILES string of the molecule is COc1cc(/C=N/OC(C)C(=O)NCC(F)(F)F)ccc1OC(F)F. The number of nitrogens with zero attached hydrogens (tertiary/aromatic N) is 1. The fourth-order valence-electron chi connectivity index (χ4n) is 1.52. The van der Waals surface area contributed by atoms with Crippen LogP contribution in [0.5, 0.6) is 11.5 Å². The standard InChI is InChI=1S/C14H15F5N2O4/c1-8(12(22)20-7-14(17,18)19)25-21-6-9-3-4-10(24-13(15)16)11(5-9)23-2/h3-6,8,13H,7H2,1-2H3,(H,20,22)/b21-6+. The van der Waals surface area contributed by atoms with Crippen molar-refractivity contribution in [1.82, 2.24) is 5.32 Å². The molecular weight excluding hydrogens is 355 g/mol. The summed E-state index contributed by atoms with van der Waals surface area (Å²) in [5.41, 5.74) is 0.362. The number of halogens is 5. The first-order valence-electron chi connectivity index (χ1n) is 6.79. The van der Waals surface area contributed by atoms with Crippen LogP contribution in [0.25, 0.3) is 0 Å². The number of ether oxygens (including phenoxy) is 2. The fraction of sp³-hybridized carbons (Fsp3) is 0.429. The molecule has 1 atom stereocenters. The molecule has 1 unspecified atom stereocenters. The Balaban J connectivity index is 2.62. The summed E-state index contributed by atoms with van der Waals surface area (Å²) < 4.78 is 69.5. The number of nitrogens with one attached hydrogen (secondary N) is 1. The lowest BCUT2D eigenvalue weighted by Gasteiger charge is -2.12. The Bertz CT molecular complexity index is 607. The molecule has 0 bridgehead atoms. The topological polar surface area (TPSA) is 69.2 Å². The van der Waals surface area contributed by atoms with Gasteiger partial charge in [-0.05, 0) is 25.1 Å². The average Bonchev–Trinajstić information content (AvgIpc) is 2.52. The van der Waals surface area contributed by atoms with Crippen molar-refractivity contribution in [3.63, 3.8) is 0 Å². The Labute approximate surface area is 139 Å². The molecule has 1 amide bonds. The smallest absolute Gasteiger partial charge is 0.405 e. The van der Waals surface area contributed by atoms with Gasteiger partial charge in [0.2, 0.25) is 6.10 Å². The number of carbonyl (C=O) groups excluding carboxylic acids is 1. The van der Waals surface area contributed by atoms with E-state index in [4.69, 9.17) is 9.57 Å². The zero-order chi connectivity index (χ0) is 19.0. The van der Waals surface area contributed by atoms with Crippen molar-refractivity contribution in [3.05, 3.63) is 23.8 Å². The van der Waals surface area contributed by atoms with Gasteiger partial charge in [-0.2, -0.15) is 22.0 Å². The molecule has 140 valence electrons. The van der Waals surface area contributed by atoms with Crippen LogP contribution < -0.4 is 14.8 Å². The minimum Gasteiger partial charge on any atom is -0.493 e. The fourth-order valence-corrected chi connectivity index (χ4v) is 1.52. The van der Waals surface area contributed by atoms with Gasteiger partial charge in [0.1, 0.15) is 6.54 Å². The molecule has 0 spiro atoms. The van der Waals surface area contributed by atoms with Gasteiger partial charge in [0.15, 0.2) is 11.5 Å². The van der Waals surface area contributed by atoms with Crippen molar-refractivity contribution in [2.24, 2.45) is 5.16 Å². The van der Waals surface area contributed by atoms with Gasteiger partial charge in [-0.1, -0.05) is 5.16 Å². The molecule has 0 aromatic heterocycles. The van der Waals surface area contributed by atoms with Crippen LogP contribution in [0.2, 0.25) is 0 Å². The van der Waals surface area contributed by atoms with Crippen LogP contribution in [0.3, 0.4) is 0 Å². The van der Waals surface area contributed by atoms with E-state index in [1.807, 2.05) is 0 Å². The van der Waals surface area contributed by atoms with E-state index in [1.54, 1.807) is 5.32 Å². The Morgan fingerprint density at radius 3 is 2.56 bits per heavy atom. The molecule has 0 aliphatic heterocycles. The van der Waals surface area contributed by atoms with Gasteiger partial charge in [-0.15, -0.1) is 0 Å². The number of hydrogen-bond acceptors (Lipinski definition) is 5. The third-order valence-electron chi connectivity index (χ3n) is 2.66. The van der Waals surface area contributed by atoms with Crippen molar-refractivity contribution < 1.29 is 41.1 Å². The molecule has 0 radical (unpaired) electrons. The third kappa shape index (κ3) is 7.68. The van der Waals surface area contributed by atoms with E-state index < -0.39 is 31.3 Å². The zero-order valence-electron chi connectivity index (χ0n) is 13.1. The first-order valence-corrected chi connectivity index (χ1v) is 6.79. The molecule has 0 fully saturated rings. The maximum atomic E-state index is 12.2. The lowest BCUT2D eigenvalue weighted by Crippen LogP contribution is -2.39. The quantitative estimate of drug-likeness (QED) is 0.434. The first kappa shape index (κ1) is 20.5. The van der Waals surface area contributed by atoms with E-state index in [0.717, 1.165) is 6.21 Å². The molecule has 0 aliphatic carbocycles. The molecule has 0 heterocycles. The van der Waals surface area contributed by atoms with Gasteiger partial charge in [0.05, 0.1) is 13.3 Å². The molecular formula is C14H15F5N2O4. The Hall–Kier alpha value is -2.59. The number of oxime groups is 1. The second-order valence-corrected chi connectivity index (χ2v) is 4.60. The molecule has 0 saturated heterocycles. The summed E-state index contributed by atoms with van der Waals surface area (Å²) in [4.78, 5) is 16.1. The van der Waals surface area contributed by atoms with Gasteiger partial charge in [0.25, 0.3) is 5.91 Å². The van der Waals surface area contributed by atoms with Crippen LogP contribution in [-0.4, -0.2) is 44.7 Å². The molecule has 25 heavy (non-hydrogen) atoms. The number of alkyl halides is 5. The van der Waals surface area contributed by atoms with Gasteiger partial charge >= 0.3 is 12.8 Å². The molecule has 11 heteroatoms. The highest BCUT2D eigenvalue weighted by Crippen LogP contribution is 2.28. The number of carbonyl (C=O) groups is 1. The van der Waals surface area contributed by atoms with E-state index in [1.165, 1.54) is 32.2 Å². The van der Waals surface area contributed by atoms with Crippen molar-refractivity contribution in [1.29, 1.82) is 0 Å². The Morgan fingerprint density at radius 2 is 2.00 bits per heavy atom. The van der Waals surface area contributed by atoms with Gasteiger partial charge in [-0.25, -0.2) is 0 Å². The second kappa shape index (κ2) is 9.04. The predicted molar refractivity (Wildman–Crippen MR) is 76.8 cm³/mol. The number of benzene rings is 1. The minimum absolute atomic E-state index is 0.0141. The van der Waals surface area contributed by atoms with Gasteiger partial charge < -0.3 is 19.6 Å². The highest BCUT2D eigenvalue weighted by molar-refractivity contribution is 5.82. The second-order valence-electron chi connectivity index (χ2n) is 4.60. The highest BCUT2D eigenvalue weighted by atomic mass is 19.4. The Kier molecular flexibility index (Phi) is 7.40. The van der Waals surface area contributed by atoms with Crippen LogP contribution in [0.1, 0.15) is 12.5 Å². The van der Waals surface area contributed by atoms with Crippen LogP contribution in [0.15, 0.2) is 23.4 Å². The molecule has 0 saturated carbocycles. The zero-order valence-corrected chi connectivity index (χ0v) is 13.1. The van der Waals surface area contributed by atoms with Crippen LogP contribution in [0, 0.1) is 0 Å². The third-order valence-corrected chi connectivity index (χ3v) is 2.66. The molecule has 1 rings (SSSR count). The van der Waals surface area contributed by atoms with Crippen molar-refractivity contribution in [2.45, 2.75) is 25.8 Å². The maximum absolute atomic E-state index is 12.2. The number of amides is 1. The predicted octanol–water partition coefficient (Wildman–Crippen LogP) is 2.71. The van der Waals surface area contributed by atoms with Crippen molar-refractivity contribution >= 4 is 12.1 Å². The van der Waals surface area contributed by atoms with Crippen molar-refractivity contribution in [3.8, 4) is 11.5 Å². The lowest BCUT2D eigenvalue weighted by molar-refractivity contribution is -0.144. The summed E-state index contributed by atoms with van der Waals surface area (Å²) in [7, 11) is 1.25. The van der Waals surface area contributed by atoms with Crippen LogP contribution >= 0.6 is 0 Å². The van der Waals surface area contributed by atoms with Crippen molar-refractivity contribution in [2.75, 3.05) is 13.7 Å². The summed E-state index contributed by atoms with van der Waals surface area (Å²) in [6.45, 7) is -3.29. The van der Waals surface area contributed by atoms with Gasteiger partial charge in [0, 0.05) is 5.56 Å². The minimum atomic E-state index is -4.53. The van der Waals surface area contributed by atoms with E-state index in [-0.39, 0.29) is 11.5 Å². The summed E-state index contributed by atoms with van der Waals surface area (Å²) in [6.07, 6.45) is -4.67. The van der Waals surface area contributed by atoms with E-state index in [2.05, 4.69) is 9.89 Å². The molecule has 0 aliphatic rings. The van der Waals surface area contributed by atoms with Crippen LogP contribution in [0.4, 0.5) is 22.0 Å². The molecule has 1 aromatic rings. The number of rotatable bonds is 8. The number of hydrogen-bond donors (Lipinski definition) is 1. The monoisotopic (exact) mass is 370 g/mol. The molecule has 1 N–H and O–H groups in total. The van der Waals surface area contributed by atoms with Gasteiger partial charge in [-0.3, -0.25) is 4.79 Å². The largest absolute Gasteiger partial charge is 0.493 e.